The summed E-state index contributed by atoms with van der Waals surface area (Å²) in [6.07, 6.45) is 0. The Morgan fingerprint density at radius 2 is 1.75 bits per heavy atom. The summed E-state index contributed by atoms with van der Waals surface area (Å²) in [4.78, 5) is 43.4. The van der Waals surface area contributed by atoms with E-state index in [0.717, 1.165) is 21.7 Å². The van der Waals surface area contributed by atoms with Crippen LogP contribution in [0.3, 0.4) is 0 Å². The van der Waals surface area contributed by atoms with Crippen LogP contribution in [-0.4, -0.2) is 22.7 Å². The third kappa shape index (κ3) is 4.15. The van der Waals surface area contributed by atoms with E-state index in [-0.39, 0.29) is 16.6 Å². The molecule has 0 saturated heterocycles. The fourth-order valence-corrected chi connectivity index (χ4v) is 4.12. The lowest BCUT2D eigenvalue weighted by Crippen LogP contribution is -2.32. The van der Waals surface area contributed by atoms with E-state index < -0.39 is 11.8 Å². The van der Waals surface area contributed by atoms with Crippen LogP contribution in [0.15, 0.2) is 58.6 Å². The van der Waals surface area contributed by atoms with Crippen LogP contribution in [0.4, 0.5) is 16.5 Å². The molecule has 0 bridgehead atoms. The SMILES string of the molecule is Cc1ccc(C)c(N2C(=O)C(Cl)=C(Nc3ccc(C(=O)Nc4nc(C)cs4)cc3)C2=O)c1. The maximum Gasteiger partial charge on any atom is 0.283 e. The number of imide groups is 1. The molecule has 0 radical (unpaired) electrons. The second kappa shape index (κ2) is 8.57. The third-order valence-electron chi connectivity index (χ3n) is 4.89. The molecule has 2 N–H and O–H groups in total. The molecule has 0 aliphatic carbocycles. The molecular weight excluding hydrogens is 448 g/mol. The van der Waals surface area contributed by atoms with Crippen molar-refractivity contribution in [1.29, 1.82) is 0 Å². The van der Waals surface area contributed by atoms with Gasteiger partial charge in [-0.05, 0) is 62.2 Å². The number of hydrogen-bond donors (Lipinski definition) is 2. The molecule has 0 atom stereocenters. The summed E-state index contributed by atoms with van der Waals surface area (Å²) >= 11 is 7.57. The maximum atomic E-state index is 13.0. The average molecular weight is 467 g/mol. The van der Waals surface area contributed by atoms with Crippen molar-refractivity contribution in [2.45, 2.75) is 20.8 Å². The summed E-state index contributed by atoms with van der Waals surface area (Å²) in [7, 11) is 0. The lowest BCUT2D eigenvalue weighted by Gasteiger charge is -2.18. The van der Waals surface area contributed by atoms with Crippen molar-refractivity contribution in [3.63, 3.8) is 0 Å². The molecule has 9 heteroatoms. The van der Waals surface area contributed by atoms with Gasteiger partial charge in [0.05, 0.1) is 11.4 Å². The van der Waals surface area contributed by atoms with Crippen molar-refractivity contribution in [3.05, 3.63) is 81.0 Å². The van der Waals surface area contributed by atoms with Gasteiger partial charge in [-0.15, -0.1) is 11.3 Å². The molecular formula is C23H19ClN4O3S. The van der Waals surface area contributed by atoms with E-state index in [9.17, 15) is 14.4 Å². The highest BCUT2D eigenvalue weighted by Crippen LogP contribution is 2.32. The van der Waals surface area contributed by atoms with Gasteiger partial charge in [0.15, 0.2) is 5.13 Å². The Morgan fingerprint density at radius 1 is 1.03 bits per heavy atom. The van der Waals surface area contributed by atoms with E-state index in [1.165, 1.54) is 11.3 Å². The van der Waals surface area contributed by atoms with Crippen LogP contribution >= 0.6 is 22.9 Å². The molecule has 162 valence electrons. The van der Waals surface area contributed by atoms with Gasteiger partial charge in [-0.25, -0.2) is 9.88 Å². The van der Waals surface area contributed by atoms with Gasteiger partial charge in [0.25, 0.3) is 17.7 Å². The molecule has 2 heterocycles. The maximum absolute atomic E-state index is 13.0. The average Bonchev–Trinajstić information content (AvgIpc) is 3.26. The van der Waals surface area contributed by atoms with Crippen molar-refractivity contribution in [3.8, 4) is 0 Å². The number of amides is 3. The topological polar surface area (TPSA) is 91.4 Å². The number of carbonyl (C=O) groups is 3. The van der Waals surface area contributed by atoms with Crippen molar-refractivity contribution in [1.82, 2.24) is 4.98 Å². The van der Waals surface area contributed by atoms with Gasteiger partial charge in [-0.3, -0.25) is 19.7 Å². The first-order valence-corrected chi connectivity index (χ1v) is 11.0. The predicted octanol–water partition coefficient (Wildman–Crippen LogP) is 4.76. The number of thiazole rings is 1. The highest BCUT2D eigenvalue weighted by Gasteiger charge is 2.39. The van der Waals surface area contributed by atoms with Crippen LogP contribution in [-0.2, 0) is 9.59 Å². The molecule has 0 spiro atoms. The van der Waals surface area contributed by atoms with Gasteiger partial charge in [-0.1, -0.05) is 23.7 Å². The Bertz CT molecular complexity index is 1280. The van der Waals surface area contributed by atoms with E-state index in [1.54, 1.807) is 30.3 Å². The molecule has 4 rings (SSSR count). The number of benzene rings is 2. The number of rotatable bonds is 5. The third-order valence-corrected chi connectivity index (χ3v) is 6.11. The van der Waals surface area contributed by atoms with Crippen LogP contribution in [0.5, 0.6) is 0 Å². The highest BCUT2D eigenvalue weighted by atomic mass is 35.5. The molecule has 7 nitrogen and oxygen atoms in total. The van der Waals surface area contributed by atoms with Gasteiger partial charge < -0.3 is 5.32 Å². The molecule has 0 unspecified atom stereocenters. The number of aromatic nitrogens is 1. The number of anilines is 3. The van der Waals surface area contributed by atoms with E-state index in [2.05, 4.69) is 15.6 Å². The molecule has 1 aromatic heterocycles. The monoisotopic (exact) mass is 466 g/mol. The number of nitrogens with one attached hydrogen (secondary N) is 2. The predicted molar refractivity (Wildman–Crippen MR) is 126 cm³/mol. The Balaban J connectivity index is 1.51. The number of nitrogens with zero attached hydrogens (tertiary/aromatic N) is 2. The summed E-state index contributed by atoms with van der Waals surface area (Å²) in [5.74, 6) is -1.41. The quantitative estimate of drug-likeness (QED) is 0.529. The molecule has 3 amide bonds. The Hall–Kier alpha value is -3.49. The van der Waals surface area contributed by atoms with E-state index in [0.29, 0.717) is 22.1 Å². The Kier molecular flexibility index (Phi) is 5.82. The molecule has 1 aliphatic rings. The summed E-state index contributed by atoms with van der Waals surface area (Å²) in [6, 6.07) is 12.0. The van der Waals surface area contributed by atoms with Gasteiger partial charge in [0, 0.05) is 16.6 Å². The fourth-order valence-electron chi connectivity index (χ4n) is 3.22. The molecule has 1 aliphatic heterocycles. The highest BCUT2D eigenvalue weighted by molar-refractivity contribution is 7.13. The second-order valence-corrected chi connectivity index (χ2v) is 8.61. The number of halogens is 1. The van der Waals surface area contributed by atoms with Crippen molar-refractivity contribution in [2.24, 2.45) is 0 Å². The molecule has 0 saturated carbocycles. The van der Waals surface area contributed by atoms with Crippen LogP contribution in [0, 0.1) is 20.8 Å². The first-order chi connectivity index (χ1) is 15.2. The van der Waals surface area contributed by atoms with Crippen molar-refractivity contribution < 1.29 is 14.4 Å². The molecule has 2 aromatic carbocycles. The molecule has 32 heavy (non-hydrogen) atoms. The van der Waals surface area contributed by atoms with Gasteiger partial charge in [-0.2, -0.15) is 0 Å². The first-order valence-electron chi connectivity index (χ1n) is 9.71. The fraction of sp³-hybridized carbons (Fsp3) is 0.130. The van der Waals surface area contributed by atoms with E-state index in [1.807, 2.05) is 38.3 Å². The largest absolute Gasteiger partial charge is 0.350 e. The zero-order valence-electron chi connectivity index (χ0n) is 17.5. The van der Waals surface area contributed by atoms with Crippen LogP contribution in [0.1, 0.15) is 27.2 Å². The van der Waals surface area contributed by atoms with Gasteiger partial charge in [0.2, 0.25) is 0 Å². The smallest absolute Gasteiger partial charge is 0.283 e. The summed E-state index contributed by atoms with van der Waals surface area (Å²) in [6.45, 7) is 5.56. The summed E-state index contributed by atoms with van der Waals surface area (Å²) in [5.41, 5.74) is 3.98. The Morgan fingerprint density at radius 3 is 2.41 bits per heavy atom. The lowest BCUT2D eigenvalue weighted by atomic mass is 10.1. The first kappa shape index (κ1) is 21.7. The van der Waals surface area contributed by atoms with Gasteiger partial charge >= 0.3 is 0 Å². The number of aryl methyl sites for hydroxylation is 3. The minimum absolute atomic E-state index is 0.00645. The summed E-state index contributed by atoms with van der Waals surface area (Å²) in [5, 5.41) is 7.84. The van der Waals surface area contributed by atoms with E-state index >= 15 is 0 Å². The van der Waals surface area contributed by atoms with Crippen molar-refractivity contribution >= 4 is 57.2 Å². The zero-order chi connectivity index (χ0) is 23.0. The van der Waals surface area contributed by atoms with Crippen molar-refractivity contribution in [2.75, 3.05) is 15.5 Å². The number of hydrogen-bond acceptors (Lipinski definition) is 6. The second-order valence-electron chi connectivity index (χ2n) is 7.38. The lowest BCUT2D eigenvalue weighted by molar-refractivity contribution is -0.120. The Labute approximate surface area is 193 Å². The standard InChI is InChI=1S/C23H19ClN4O3S/c1-12-4-5-13(2)17(10-12)28-21(30)18(24)19(22(28)31)26-16-8-6-15(7-9-16)20(29)27-23-25-14(3)11-32-23/h4-11,26H,1-3H3,(H,25,27,29). The van der Waals surface area contributed by atoms with E-state index in [4.69, 9.17) is 11.6 Å². The van der Waals surface area contributed by atoms with Crippen LogP contribution < -0.4 is 15.5 Å². The number of carbonyl (C=O) groups excluding carboxylic acids is 3. The normalized spacial score (nSPS) is 13.7. The van der Waals surface area contributed by atoms with Crippen LogP contribution in [0.25, 0.3) is 0 Å². The molecule has 0 fully saturated rings. The zero-order valence-corrected chi connectivity index (χ0v) is 19.1. The minimum atomic E-state index is -0.581. The minimum Gasteiger partial charge on any atom is -0.350 e. The summed E-state index contributed by atoms with van der Waals surface area (Å²) < 4.78 is 0. The van der Waals surface area contributed by atoms with Crippen LogP contribution in [0.2, 0.25) is 0 Å². The molecule has 3 aromatic rings. The van der Waals surface area contributed by atoms with Gasteiger partial charge in [0.1, 0.15) is 10.7 Å².